The quantitative estimate of drug-likeness (QED) is 0.362. The number of nitrogens with zero attached hydrogens (tertiary/aromatic N) is 1. The van der Waals surface area contributed by atoms with Crippen molar-refractivity contribution in [3.63, 3.8) is 0 Å². The molecule has 0 bridgehead atoms. The number of halogens is 1. The molecular formula is C26H19ClN2O7. The molecule has 182 valence electrons. The molecule has 4 rings (SSSR count). The summed E-state index contributed by atoms with van der Waals surface area (Å²) in [6.45, 7) is 0.162. The fraction of sp³-hybridized carbons (Fsp3) is 0.0769. The lowest BCUT2D eigenvalue weighted by molar-refractivity contribution is -0.122. The van der Waals surface area contributed by atoms with Crippen LogP contribution in [0, 0.1) is 0 Å². The molecule has 0 aliphatic carbocycles. The zero-order valence-corrected chi connectivity index (χ0v) is 19.6. The number of urea groups is 1. The Kier molecular flexibility index (Phi) is 7.03. The Bertz CT molecular complexity index is 1380. The van der Waals surface area contributed by atoms with Crippen LogP contribution in [0.2, 0.25) is 5.02 Å². The second kappa shape index (κ2) is 10.3. The van der Waals surface area contributed by atoms with Crippen molar-refractivity contribution in [2.24, 2.45) is 0 Å². The van der Waals surface area contributed by atoms with Crippen LogP contribution in [0.3, 0.4) is 0 Å². The molecule has 36 heavy (non-hydrogen) atoms. The molecule has 1 saturated heterocycles. The summed E-state index contributed by atoms with van der Waals surface area (Å²) in [5.41, 5.74) is 1.42. The summed E-state index contributed by atoms with van der Waals surface area (Å²) in [5.74, 6) is -1.87. The van der Waals surface area contributed by atoms with Gasteiger partial charge in [0.2, 0.25) is 0 Å². The first-order chi connectivity index (χ1) is 17.3. The van der Waals surface area contributed by atoms with Crippen LogP contribution in [0.5, 0.6) is 11.5 Å². The highest BCUT2D eigenvalue weighted by atomic mass is 35.5. The highest BCUT2D eigenvalue weighted by molar-refractivity contribution is 6.39. The summed E-state index contributed by atoms with van der Waals surface area (Å²) in [4.78, 5) is 49.6. The smallest absolute Gasteiger partial charge is 0.335 e. The molecule has 3 aromatic rings. The first-order valence-corrected chi connectivity index (χ1v) is 10.9. The van der Waals surface area contributed by atoms with E-state index in [1.165, 1.54) is 49.6 Å². The largest absolute Gasteiger partial charge is 0.493 e. The summed E-state index contributed by atoms with van der Waals surface area (Å²) < 4.78 is 11.2. The Morgan fingerprint density at radius 3 is 2.33 bits per heavy atom. The highest BCUT2D eigenvalue weighted by Crippen LogP contribution is 2.31. The zero-order valence-electron chi connectivity index (χ0n) is 18.9. The number of carbonyl (C=O) groups excluding carboxylic acids is 3. The molecule has 9 nitrogen and oxygen atoms in total. The van der Waals surface area contributed by atoms with E-state index in [1.54, 1.807) is 30.3 Å². The number of ether oxygens (including phenoxy) is 2. The number of barbiturate groups is 1. The normalized spacial score (nSPS) is 14.6. The first kappa shape index (κ1) is 24.5. The summed E-state index contributed by atoms with van der Waals surface area (Å²) in [6, 6.07) is 16.3. The van der Waals surface area contributed by atoms with E-state index >= 15 is 0 Å². The molecule has 0 saturated carbocycles. The molecule has 3 aromatic carbocycles. The molecule has 1 aliphatic rings. The SMILES string of the molecule is COc1cc(/C=C2\C(=O)NC(=O)N(c3ccc(Cl)cc3)C2=O)ccc1OCc1ccc(C(=O)O)cc1. The minimum absolute atomic E-state index is 0.162. The van der Waals surface area contributed by atoms with Gasteiger partial charge in [-0.25, -0.2) is 14.5 Å². The molecule has 1 heterocycles. The van der Waals surface area contributed by atoms with Crippen LogP contribution in [0.4, 0.5) is 10.5 Å². The zero-order chi connectivity index (χ0) is 25.8. The number of methoxy groups -OCH3 is 1. The molecule has 10 heteroatoms. The Morgan fingerprint density at radius 1 is 1.00 bits per heavy atom. The van der Waals surface area contributed by atoms with Gasteiger partial charge in [0.25, 0.3) is 11.8 Å². The van der Waals surface area contributed by atoms with Gasteiger partial charge in [0.1, 0.15) is 12.2 Å². The molecule has 2 N–H and O–H groups in total. The summed E-state index contributed by atoms with van der Waals surface area (Å²) in [7, 11) is 1.44. The summed E-state index contributed by atoms with van der Waals surface area (Å²) in [5, 5.41) is 11.6. The Labute approximate surface area is 210 Å². The molecule has 0 radical (unpaired) electrons. The van der Waals surface area contributed by atoms with Crippen LogP contribution in [0.1, 0.15) is 21.5 Å². The van der Waals surface area contributed by atoms with Crippen LogP contribution in [-0.4, -0.2) is 36.0 Å². The van der Waals surface area contributed by atoms with Crippen molar-refractivity contribution in [1.29, 1.82) is 0 Å². The third kappa shape index (κ3) is 5.21. The standard InChI is InChI=1S/C26H19ClN2O7/c1-35-22-13-16(4-11-21(22)36-14-15-2-5-17(6-3-15)25(32)33)12-20-23(30)28-26(34)29(24(20)31)19-9-7-18(27)8-10-19/h2-13H,14H2,1H3,(H,32,33)(H,28,30,34)/b20-12+. The average Bonchev–Trinajstić information content (AvgIpc) is 2.86. The van der Waals surface area contributed by atoms with E-state index in [2.05, 4.69) is 5.32 Å². The van der Waals surface area contributed by atoms with Gasteiger partial charge >= 0.3 is 12.0 Å². The van der Waals surface area contributed by atoms with Crippen LogP contribution in [0.15, 0.2) is 72.3 Å². The third-order valence-electron chi connectivity index (χ3n) is 5.28. The number of hydrogen-bond donors (Lipinski definition) is 2. The van der Waals surface area contributed by atoms with Gasteiger partial charge in [0.05, 0.1) is 18.4 Å². The Hall–Kier alpha value is -4.63. The molecule has 0 unspecified atom stereocenters. The van der Waals surface area contributed by atoms with Crippen molar-refractivity contribution in [3.8, 4) is 11.5 Å². The highest BCUT2D eigenvalue weighted by Gasteiger charge is 2.36. The van der Waals surface area contributed by atoms with Crippen molar-refractivity contribution in [2.75, 3.05) is 12.0 Å². The van der Waals surface area contributed by atoms with Gasteiger partial charge in [-0.3, -0.25) is 14.9 Å². The monoisotopic (exact) mass is 506 g/mol. The second-order valence-corrected chi connectivity index (χ2v) is 8.07. The lowest BCUT2D eigenvalue weighted by atomic mass is 10.1. The average molecular weight is 507 g/mol. The van der Waals surface area contributed by atoms with Gasteiger partial charge in [-0.2, -0.15) is 0 Å². The van der Waals surface area contributed by atoms with Gasteiger partial charge in [-0.1, -0.05) is 29.8 Å². The number of carboxylic acid groups (broad SMARTS) is 1. The summed E-state index contributed by atoms with van der Waals surface area (Å²) >= 11 is 5.89. The number of rotatable bonds is 7. The molecular weight excluding hydrogens is 488 g/mol. The van der Waals surface area contributed by atoms with Crippen molar-refractivity contribution in [2.45, 2.75) is 6.61 Å². The lowest BCUT2D eigenvalue weighted by Gasteiger charge is -2.26. The van der Waals surface area contributed by atoms with E-state index in [-0.39, 0.29) is 23.4 Å². The number of nitrogens with one attached hydrogen (secondary N) is 1. The van der Waals surface area contributed by atoms with Crippen LogP contribution in [-0.2, 0) is 16.2 Å². The number of carbonyl (C=O) groups is 4. The number of carboxylic acids is 1. The van der Waals surface area contributed by atoms with Crippen LogP contribution < -0.4 is 19.7 Å². The fourth-order valence-corrected chi connectivity index (χ4v) is 3.57. The van der Waals surface area contributed by atoms with Gasteiger partial charge in [-0.15, -0.1) is 0 Å². The number of amides is 4. The third-order valence-corrected chi connectivity index (χ3v) is 5.53. The number of benzene rings is 3. The first-order valence-electron chi connectivity index (χ1n) is 10.6. The van der Waals surface area contributed by atoms with E-state index in [4.69, 9.17) is 26.2 Å². The maximum atomic E-state index is 13.0. The number of aromatic carboxylic acids is 1. The van der Waals surface area contributed by atoms with Crippen LogP contribution in [0.25, 0.3) is 6.08 Å². The molecule has 1 fully saturated rings. The van der Waals surface area contributed by atoms with E-state index < -0.39 is 23.8 Å². The van der Waals surface area contributed by atoms with Crippen molar-refractivity contribution < 1.29 is 33.8 Å². The fourth-order valence-electron chi connectivity index (χ4n) is 3.45. The minimum atomic E-state index is -1.01. The van der Waals surface area contributed by atoms with Gasteiger partial charge in [-0.05, 0) is 65.7 Å². The maximum absolute atomic E-state index is 13.0. The predicted molar refractivity (Wildman–Crippen MR) is 131 cm³/mol. The minimum Gasteiger partial charge on any atom is -0.493 e. The van der Waals surface area contributed by atoms with Gasteiger partial charge in [0, 0.05) is 5.02 Å². The Morgan fingerprint density at radius 2 is 1.69 bits per heavy atom. The lowest BCUT2D eigenvalue weighted by Crippen LogP contribution is -2.54. The van der Waals surface area contributed by atoms with Crippen LogP contribution >= 0.6 is 11.6 Å². The van der Waals surface area contributed by atoms with Gasteiger partial charge in [0.15, 0.2) is 11.5 Å². The number of imide groups is 2. The van der Waals surface area contributed by atoms with E-state index in [9.17, 15) is 19.2 Å². The van der Waals surface area contributed by atoms with Crippen molar-refractivity contribution in [3.05, 3.63) is 94.0 Å². The predicted octanol–water partition coefficient (Wildman–Crippen LogP) is 4.29. The molecule has 0 spiro atoms. The molecule has 0 aromatic heterocycles. The molecule has 0 atom stereocenters. The molecule has 1 aliphatic heterocycles. The second-order valence-electron chi connectivity index (χ2n) is 7.64. The number of anilines is 1. The maximum Gasteiger partial charge on any atom is 0.335 e. The van der Waals surface area contributed by atoms with Crippen molar-refractivity contribution >= 4 is 47.2 Å². The topological polar surface area (TPSA) is 122 Å². The Balaban J connectivity index is 1.55. The van der Waals surface area contributed by atoms with Gasteiger partial charge < -0.3 is 14.6 Å². The van der Waals surface area contributed by atoms with E-state index in [0.717, 1.165) is 10.5 Å². The summed E-state index contributed by atoms with van der Waals surface area (Å²) in [6.07, 6.45) is 1.35. The van der Waals surface area contributed by atoms with E-state index in [0.29, 0.717) is 22.1 Å². The van der Waals surface area contributed by atoms with E-state index in [1.807, 2.05) is 0 Å². The molecule has 4 amide bonds. The van der Waals surface area contributed by atoms with Crippen molar-refractivity contribution in [1.82, 2.24) is 5.32 Å². The number of hydrogen-bond acceptors (Lipinski definition) is 6.